The van der Waals surface area contributed by atoms with Crippen molar-refractivity contribution in [1.82, 2.24) is 10.2 Å². The van der Waals surface area contributed by atoms with Crippen molar-refractivity contribution in [1.29, 1.82) is 0 Å². The standard InChI is InChI=1S/C24H40N2O2/c1-2-3-4-5-6-7-8-9-10-11-12-13-14-16-23(27)17-15-18-24(28)26-21-19-25-20-22-26/h6-7,9-10,12-14,16,23,25,27H,2-5,8,11,15,17-22H2,1H3/b7-6-,10-9-,13-12-,16-14+. The van der Waals surface area contributed by atoms with Crippen LogP contribution in [0.1, 0.15) is 64.7 Å². The Labute approximate surface area is 172 Å². The molecule has 1 unspecified atom stereocenters. The van der Waals surface area contributed by atoms with Crippen molar-refractivity contribution in [3.8, 4) is 0 Å². The van der Waals surface area contributed by atoms with Gasteiger partial charge in [0.1, 0.15) is 0 Å². The molecule has 0 aromatic carbocycles. The van der Waals surface area contributed by atoms with E-state index < -0.39 is 6.10 Å². The molecule has 0 radical (unpaired) electrons. The number of carbonyl (C=O) groups excluding carboxylic acids is 1. The number of nitrogens with zero attached hydrogens (tertiary/aromatic N) is 1. The van der Waals surface area contributed by atoms with Crippen LogP contribution in [0.15, 0.2) is 48.6 Å². The number of aliphatic hydroxyl groups is 1. The summed E-state index contributed by atoms with van der Waals surface area (Å²) in [5, 5.41) is 13.2. The molecule has 1 aliphatic rings. The van der Waals surface area contributed by atoms with E-state index in [1.165, 1.54) is 25.7 Å². The van der Waals surface area contributed by atoms with Gasteiger partial charge in [-0.05, 0) is 38.5 Å². The number of hydrogen-bond acceptors (Lipinski definition) is 3. The maximum absolute atomic E-state index is 12.0. The van der Waals surface area contributed by atoms with Gasteiger partial charge >= 0.3 is 0 Å². The molecule has 0 spiro atoms. The zero-order valence-corrected chi connectivity index (χ0v) is 17.7. The molecular formula is C24H40N2O2. The van der Waals surface area contributed by atoms with Gasteiger partial charge < -0.3 is 15.3 Å². The Kier molecular flexibility index (Phi) is 15.2. The highest BCUT2D eigenvalue weighted by Crippen LogP contribution is 2.06. The van der Waals surface area contributed by atoms with Gasteiger partial charge in [0.05, 0.1) is 6.10 Å². The Morgan fingerprint density at radius 2 is 1.71 bits per heavy atom. The Balaban J connectivity index is 2.02. The van der Waals surface area contributed by atoms with Crippen molar-refractivity contribution < 1.29 is 9.90 Å². The molecule has 0 bridgehead atoms. The molecule has 1 rings (SSSR count). The second kappa shape index (κ2) is 17.4. The summed E-state index contributed by atoms with van der Waals surface area (Å²) >= 11 is 0. The van der Waals surface area contributed by atoms with Gasteiger partial charge in [0.25, 0.3) is 0 Å². The summed E-state index contributed by atoms with van der Waals surface area (Å²) in [6.07, 6.45) is 25.0. The van der Waals surface area contributed by atoms with Gasteiger partial charge in [-0.2, -0.15) is 0 Å². The van der Waals surface area contributed by atoms with Crippen molar-refractivity contribution in [3.63, 3.8) is 0 Å². The van der Waals surface area contributed by atoms with E-state index in [9.17, 15) is 9.90 Å². The first-order valence-electron chi connectivity index (χ1n) is 11.0. The number of piperazine rings is 1. The fourth-order valence-corrected chi connectivity index (χ4v) is 3.06. The van der Waals surface area contributed by atoms with E-state index in [1.807, 2.05) is 17.1 Å². The number of amides is 1. The predicted molar refractivity (Wildman–Crippen MR) is 119 cm³/mol. The number of nitrogens with one attached hydrogen (secondary N) is 1. The van der Waals surface area contributed by atoms with E-state index in [0.29, 0.717) is 12.8 Å². The highest BCUT2D eigenvalue weighted by Gasteiger charge is 2.15. The minimum absolute atomic E-state index is 0.208. The second-order valence-electron chi connectivity index (χ2n) is 7.31. The van der Waals surface area contributed by atoms with Gasteiger partial charge in [0.15, 0.2) is 0 Å². The van der Waals surface area contributed by atoms with Crippen LogP contribution in [-0.2, 0) is 4.79 Å². The maximum atomic E-state index is 12.0. The van der Waals surface area contributed by atoms with Crippen LogP contribution in [0.3, 0.4) is 0 Å². The van der Waals surface area contributed by atoms with Crippen LogP contribution in [0.25, 0.3) is 0 Å². The molecule has 0 saturated carbocycles. The third-order valence-electron chi connectivity index (χ3n) is 4.79. The third kappa shape index (κ3) is 13.5. The zero-order valence-electron chi connectivity index (χ0n) is 17.7. The Morgan fingerprint density at radius 1 is 1.00 bits per heavy atom. The lowest BCUT2D eigenvalue weighted by Gasteiger charge is -2.27. The molecule has 0 aliphatic carbocycles. The highest BCUT2D eigenvalue weighted by molar-refractivity contribution is 5.76. The maximum Gasteiger partial charge on any atom is 0.222 e. The molecule has 2 N–H and O–H groups in total. The Hall–Kier alpha value is -1.65. The van der Waals surface area contributed by atoms with E-state index in [4.69, 9.17) is 0 Å². The monoisotopic (exact) mass is 388 g/mol. The summed E-state index contributed by atoms with van der Waals surface area (Å²) in [7, 11) is 0. The van der Waals surface area contributed by atoms with Crippen molar-refractivity contribution in [3.05, 3.63) is 48.6 Å². The first kappa shape index (κ1) is 24.4. The van der Waals surface area contributed by atoms with Crippen molar-refractivity contribution in [2.45, 2.75) is 70.8 Å². The molecule has 158 valence electrons. The molecule has 1 atom stereocenters. The fraction of sp³-hybridized carbons (Fsp3) is 0.625. The van der Waals surface area contributed by atoms with E-state index in [1.54, 1.807) is 6.08 Å². The molecule has 4 heteroatoms. The lowest BCUT2D eigenvalue weighted by molar-refractivity contribution is -0.131. The third-order valence-corrected chi connectivity index (χ3v) is 4.79. The van der Waals surface area contributed by atoms with Gasteiger partial charge in [0, 0.05) is 32.6 Å². The van der Waals surface area contributed by atoms with E-state index >= 15 is 0 Å². The van der Waals surface area contributed by atoms with Crippen molar-refractivity contribution in [2.75, 3.05) is 26.2 Å². The number of rotatable bonds is 14. The smallest absolute Gasteiger partial charge is 0.222 e. The van der Waals surface area contributed by atoms with Crippen LogP contribution >= 0.6 is 0 Å². The molecule has 0 aromatic heterocycles. The number of aliphatic hydroxyl groups excluding tert-OH is 1. The largest absolute Gasteiger partial charge is 0.389 e. The second-order valence-corrected chi connectivity index (χ2v) is 7.31. The van der Waals surface area contributed by atoms with Crippen LogP contribution < -0.4 is 5.32 Å². The topological polar surface area (TPSA) is 52.6 Å². The molecule has 1 amide bonds. The SMILES string of the molecule is CCCCC/C=C\C/C=C\C/C=C\C=C\C(O)CCCC(=O)N1CCNCC1. The van der Waals surface area contributed by atoms with Crippen LogP contribution in [0.5, 0.6) is 0 Å². The molecule has 28 heavy (non-hydrogen) atoms. The predicted octanol–water partition coefficient (Wildman–Crippen LogP) is 4.53. The normalized spacial score (nSPS) is 16.9. The first-order chi connectivity index (χ1) is 13.7. The number of hydrogen-bond donors (Lipinski definition) is 2. The quantitative estimate of drug-likeness (QED) is 0.261. The fourth-order valence-electron chi connectivity index (χ4n) is 3.06. The van der Waals surface area contributed by atoms with E-state index in [-0.39, 0.29) is 5.91 Å². The molecule has 1 heterocycles. The van der Waals surface area contributed by atoms with E-state index in [2.05, 4.69) is 42.6 Å². The zero-order chi connectivity index (χ0) is 20.3. The molecule has 4 nitrogen and oxygen atoms in total. The molecule has 0 aromatic rings. The number of carbonyl (C=O) groups is 1. The summed E-state index contributed by atoms with van der Waals surface area (Å²) in [6, 6.07) is 0. The van der Waals surface area contributed by atoms with Crippen molar-refractivity contribution >= 4 is 5.91 Å². The van der Waals surface area contributed by atoms with Crippen LogP contribution in [0.4, 0.5) is 0 Å². The molecule has 1 saturated heterocycles. The molecule has 1 aliphatic heterocycles. The summed E-state index contributed by atoms with van der Waals surface area (Å²) in [5.74, 6) is 0.208. The van der Waals surface area contributed by atoms with E-state index in [0.717, 1.165) is 45.4 Å². The van der Waals surface area contributed by atoms with Gasteiger partial charge in [-0.3, -0.25) is 4.79 Å². The highest BCUT2D eigenvalue weighted by atomic mass is 16.3. The molecular weight excluding hydrogens is 348 g/mol. The number of unbranched alkanes of at least 4 members (excludes halogenated alkanes) is 3. The lowest BCUT2D eigenvalue weighted by Crippen LogP contribution is -2.46. The minimum atomic E-state index is -0.478. The van der Waals surface area contributed by atoms with Crippen LogP contribution in [0, 0.1) is 0 Å². The first-order valence-corrected chi connectivity index (χ1v) is 11.0. The van der Waals surface area contributed by atoms with Gasteiger partial charge in [-0.25, -0.2) is 0 Å². The van der Waals surface area contributed by atoms with Crippen molar-refractivity contribution in [2.24, 2.45) is 0 Å². The lowest BCUT2D eigenvalue weighted by atomic mass is 10.1. The van der Waals surface area contributed by atoms with Gasteiger partial charge in [0.2, 0.25) is 5.91 Å². The summed E-state index contributed by atoms with van der Waals surface area (Å²) in [4.78, 5) is 14.0. The summed E-state index contributed by atoms with van der Waals surface area (Å²) in [5.41, 5.74) is 0. The Bertz CT molecular complexity index is 503. The van der Waals surface area contributed by atoms with Gasteiger partial charge in [-0.15, -0.1) is 0 Å². The van der Waals surface area contributed by atoms with Crippen LogP contribution in [0.2, 0.25) is 0 Å². The average molecular weight is 389 g/mol. The molecule has 1 fully saturated rings. The average Bonchev–Trinajstić information content (AvgIpc) is 2.72. The summed E-state index contributed by atoms with van der Waals surface area (Å²) in [6.45, 7) is 5.60. The summed E-state index contributed by atoms with van der Waals surface area (Å²) < 4.78 is 0. The Morgan fingerprint density at radius 3 is 2.46 bits per heavy atom. The van der Waals surface area contributed by atoms with Crippen LogP contribution in [-0.4, -0.2) is 48.2 Å². The minimum Gasteiger partial charge on any atom is -0.389 e. The van der Waals surface area contributed by atoms with Gasteiger partial charge in [-0.1, -0.05) is 68.4 Å². The number of allylic oxidation sites excluding steroid dienone is 7.